The fraction of sp³-hybridized carbons (Fsp3) is 0.515. The first-order valence-electron chi connectivity index (χ1n) is 15.1. The maximum Gasteiger partial charge on any atom is 0.407 e. The number of carbonyl (C=O) groups is 1. The van der Waals surface area contributed by atoms with Crippen molar-refractivity contribution in [1.29, 1.82) is 5.26 Å². The summed E-state index contributed by atoms with van der Waals surface area (Å²) in [5, 5.41) is 13.7. The van der Waals surface area contributed by atoms with Crippen LogP contribution in [0.25, 0.3) is 0 Å². The van der Waals surface area contributed by atoms with Crippen molar-refractivity contribution in [3.8, 4) is 29.1 Å². The third-order valence-electron chi connectivity index (χ3n) is 9.69. The van der Waals surface area contributed by atoms with Crippen LogP contribution in [0.5, 0.6) is 23.0 Å². The molecule has 4 aliphatic rings. The summed E-state index contributed by atoms with van der Waals surface area (Å²) in [7, 11) is 3.80. The Labute approximate surface area is 284 Å². The number of nitriles is 1. The molecule has 0 aromatic heterocycles. The zero-order valence-electron chi connectivity index (χ0n) is 26.4. The minimum absolute atomic E-state index is 0.0454. The maximum absolute atomic E-state index is 12.9. The quantitative estimate of drug-likeness (QED) is 0.286. The van der Waals surface area contributed by atoms with Crippen molar-refractivity contribution in [2.45, 2.75) is 67.6 Å². The van der Waals surface area contributed by atoms with Crippen molar-refractivity contribution in [1.82, 2.24) is 15.1 Å². The molecule has 46 heavy (non-hydrogen) atoms. The van der Waals surface area contributed by atoms with Gasteiger partial charge in [0.2, 0.25) is 10.6 Å². The number of nitrogens with one attached hydrogen (secondary N) is 1. The molecule has 1 unspecified atom stereocenters. The summed E-state index contributed by atoms with van der Waals surface area (Å²) in [6.07, 6.45) is 2.20. The zero-order chi connectivity index (χ0) is 33.1. The molecular formula is C33H37Cl3N4O6. The number of piperazine rings is 1. The van der Waals surface area contributed by atoms with E-state index in [-0.39, 0.29) is 38.1 Å². The van der Waals surface area contributed by atoms with Crippen molar-refractivity contribution in [2.75, 3.05) is 40.7 Å². The van der Waals surface area contributed by atoms with E-state index in [2.05, 4.69) is 54.7 Å². The highest BCUT2D eigenvalue weighted by molar-refractivity contribution is 6.67. The SMILES string of the molecule is C=CCOc1c(C)c2c(c3c1CC1[C@H]4c5c(cc(C)c(OC)c5C)C[C@H]([C@H](C#N)N1[C@H]3CNC(=O)OCC(Cl)(Cl)Cl)N4C)OCO2. The van der Waals surface area contributed by atoms with Gasteiger partial charge in [-0.25, -0.2) is 4.79 Å². The standard InChI is InChI=1S/C33H37Cl3N4O6/c1-7-8-43-29-18(4)30-31(46-15-45-30)26-20(29)11-22-27-25-17(3)28(42-6)16(2)9-19(25)10-21(39(27)5)23(12-37)40(22)24(26)13-38-32(41)44-14-33(34,35)36/h7,9,21-24,27H,1,8,10-11,13-15H2,2-6H3,(H,38,41)/t21-,22?,23+,24+,27+/m1/s1. The van der Waals surface area contributed by atoms with Crippen LogP contribution >= 0.6 is 34.8 Å². The number of rotatable bonds is 7. The van der Waals surface area contributed by atoms with E-state index in [0.29, 0.717) is 30.1 Å². The van der Waals surface area contributed by atoms with Gasteiger partial charge < -0.3 is 29.0 Å². The van der Waals surface area contributed by atoms with Gasteiger partial charge in [0.1, 0.15) is 30.8 Å². The van der Waals surface area contributed by atoms with Crippen molar-refractivity contribution < 1.29 is 28.5 Å². The number of alkyl halides is 3. The summed E-state index contributed by atoms with van der Waals surface area (Å²) in [6, 6.07) is 3.44. The maximum atomic E-state index is 12.9. The predicted octanol–water partition coefficient (Wildman–Crippen LogP) is 5.78. The minimum atomic E-state index is -1.76. The van der Waals surface area contributed by atoms with Gasteiger partial charge >= 0.3 is 6.09 Å². The lowest BCUT2D eigenvalue weighted by atomic mass is 9.71. The Morgan fingerprint density at radius 1 is 1.15 bits per heavy atom. The van der Waals surface area contributed by atoms with Gasteiger partial charge in [-0.05, 0) is 62.9 Å². The van der Waals surface area contributed by atoms with Gasteiger partial charge in [-0.1, -0.05) is 53.5 Å². The molecule has 1 N–H and O–H groups in total. The molecule has 2 bridgehead atoms. The molecule has 1 saturated heterocycles. The van der Waals surface area contributed by atoms with Crippen LogP contribution in [-0.2, 0) is 17.6 Å². The summed E-state index contributed by atoms with van der Waals surface area (Å²) in [5.41, 5.74) is 7.17. The topological polar surface area (TPSA) is 106 Å². The lowest BCUT2D eigenvalue weighted by Gasteiger charge is -2.60. The summed E-state index contributed by atoms with van der Waals surface area (Å²) in [5.74, 6) is 2.73. The average molecular weight is 692 g/mol. The molecule has 0 spiro atoms. The van der Waals surface area contributed by atoms with Gasteiger partial charge in [0.25, 0.3) is 0 Å². The summed E-state index contributed by atoms with van der Waals surface area (Å²) >= 11 is 17.5. The van der Waals surface area contributed by atoms with Gasteiger partial charge in [-0.2, -0.15) is 5.26 Å². The second kappa shape index (κ2) is 12.5. The smallest absolute Gasteiger partial charge is 0.407 e. The Balaban J connectivity index is 1.54. The summed E-state index contributed by atoms with van der Waals surface area (Å²) in [6.45, 7) is 9.97. The molecule has 5 atom stereocenters. The lowest BCUT2D eigenvalue weighted by Crippen LogP contribution is -2.69. The van der Waals surface area contributed by atoms with Gasteiger partial charge in [-0.3, -0.25) is 9.80 Å². The highest BCUT2D eigenvalue weighted by Gasteiger charge is 2.56. The van der Waals surface area contributed by atoms with Crippen LogP contribution in [0.15, 0.2) is 18.7 Å². The van der Waals surface area contributed by atoms with E-state index < -0.39 is 28.6 Å². The first-order valence-corrected chi connectivity index (χ1v) is 16.3. The molecule has 1 amide bonds. The third kappa shape index (κ3) is 5.40. The molecule has 4 heterocycles. The Morgan fingerprint density at radius 3 is 2.57 bits per heavy atom. The van der Waals surface area contributed by atoms with E-state index in [1.165, 1.54) is 11.1 Å². The van der Waals surface area contributed by atoms with Crippen LogP contribution in [0.1, 0.15) is 51.0 Å². The normalized spacial score (nSPS) is 24.6. The number of benzene rings is 2. The molecule has 246 valence electrons. The van der Waals surface area contributed by atoms with Crippen molar-refractivity contribution >= 4 is 40.9 Å². The number of amides is 1. The molecule has 0 saturated carbocycles. The molecule has 0 aliphatic carbocycles. The first kappa shape index (κ1) is 32.9. The number of methoxy groups -OCH3 is 1. The number of ether oxygens (including phenoxy) is 5. The molecular weight excluding hydrogens is 655 g/mol. The fourth-order valence-electron chi connectivity index (χ4n) is 8.08. The first-order chi connectivity index (χ1) is 21.9. The van der Waals surface area contributed by atoms with Gasteiger partial charge in [-0.15, -0.1) is 0 Å². The zero-order valence-corrected chi connectivity index (χ0v) is 28.7. The lowest BCUT2D eigenvalue weighted by molar-refractivity contribution is -0.0718. The van der Waals surface area contributed by atoms with Gasteiger partial charge in [0, 0.05) is 35.3 Å². The Kier molecular flexibility index (Phi) is 8.94. The Bertz CT molecular complexity index is 1620. The van der Waals surface area contributed by atoms with E-state index in [9.17, 15) is 10.1 Å². The Hall–Kier alpha value is -3.07. The molecule has 6 rings (SSSR count). The number of alkyl carbamates (subject to hydrolysis) is 1. The average Bonchev–Trinajstić information content (AvgIpc) is 3.49. The summed E-state index contributed by atoms with van der Waals surface area (Å²) < 4.78 is 27.7. The fourth-order valence-corrected chi connectivity index (χ4v) is 8.24. The molecule has 10 nitrogen and oxygen atoms in total. The predicted molar refractivity (Wildman–Crippen MR) is 175 cm³/mol. The van der Waals surface area contributed by atoms with E-state index in [1.807, 2.05) is 6.92 Å². The summed E-state index contributed by atoms with van der Waals surface area (Å²) in [4.78, 5) is 17.5. The number of aryl methyl sites for hydroxylation is 1. The molecule has 0 radical (unpaired) electrons. The molecule has 13 heteroatoms. The number of hydrogen-bond donors (Lipinski definition) is 1. The molecule has 1 fully saturated rings. The van der Waals surface area contributed by atoms with Crippen LogP contribution in [0.2, 0.25) is 0 Å². The molecule has 2 aromatic rings. The second-order valence-electron chi connectivity index (χ2n) is 12.2. The van der Waals surface area contributed by atoms with Crippen LogP contribution in [0, 0.1) is 32.1 Å². The van der Waals surface area contributed by atoms with E-state index in [0.717, 1.165) is 33.6 Å². The van der Waals surface area contributed by atoms with Crippen molar-refractivity contribution in [2.24, 2.45) is 0 Å². The highest BCUT2D eigenvalue weighted by atomic mass is 35.6. The largest absolute Gasteiger partial charge is 0.496 e. The number of hydrogen-bond acceptors (Lipinski definition) is 9. The van der Waals surface area contributed by atoms with Crippen LogP contribution in [0.4, 0.5) is 4.79 Å². The van der Waals surface area contributed by atoms with Gasteiger partial charge in [0.05, 0.1) is 25.3 Å². The second-order valence-corrected chi connectivity index (χ2v) is 14.7. The number of nitrogens with zero attached hydrogens (tertiary/aromatic N) is 3. The van der Waals surface area contributed by atoms with E-state index in [4.69, 9.17) is 58.5 Å². The number of carbonyl (C=O) groups excluding carboxylic acids is 1. The molecule has 4 aliphatic heterocycles. The minimum Gasteiger partial charge on any atom is -0.496 e. The van der Waals surface area contributed by atoms with E-state index >= 15 is 0 Å². The van der Waals surface area contributed by atoms with E-state index in [1.54, 1.807) is 13.2 Å². The molecule has 2 aromatic carbocycles. The van der Waals surface area contributed by atoms with Gasteiger partial charge in [0.15, 0.2) is 11.5 Å². The van der Waals surface area contributed by atoms with Crippen LogP contribution in [0.3, 0.4) is 0 Å². The van der Waals surface area contributed by atoms with Crippen LogP contribution in [-0.4, -0.2) is 78.5 Å². The number of fused-ring (bicyclic) bond motifs is 9. The number of likely N-dealkylation sites (N-methyl/N-ethyl adjacent to an activating group) is 1. The van der Waals surface area contributed by atoms with Crippen LogP contribution < -0.4 is 24.3 Å². The van der Waals surface area contributed by atoms with Crippen molar-refractivity contribution in [3.05, 3.63) is 57.7 Å². The third-order valence-corrected chi connectivity index (χ3v) is 10.0. The van der Waals surface area contributed by atoms with Crippen molar-refractivity contribution in [3.63, 3.8) is 0 Å². The number of halogens is 3. The monoisotopic (exact) mass is 690 g/mol. The Morgan fingerprint density at radius 2 is 1.89 bits per heavy atom. The highest BCUT2D eigenvalue weighted by Crippen LogP contribution is 2.57.